The Morgan fingerprint density at radius 2 is 2.11 bits per heavy atom. The van der Waals surface area contributed by atoms with Crippen molar-refractivity contribution in [3.05, 3.63) is 11.8 Å². The first-order chi connectivity index (χ1) is 4.16. The van der Waals surface area contributed by atoms with E-state index < -0.39 is 9.04 Å². The lowest BCUT2D eigenvalue weighted by atomic mass is 10.5. The molecule has 0 saturated heterocycles. The van der Waals surface area contributed by atoms with Crippen molar-refractivity contribution in [2.24, 2.45) is 0 Å². The highest BCUT2D eigenvalue weighted by atomic mass is 28.3. The average Bonchev–Trinajstić information content (AvgIpc) is 1.83. The Morgan fingerprint density at radius 1 is 1.56 bits per heavy atom. The first-order valence-corrected chi connectivity index (χ1v) is 5.99. The van der Waals surface area contributed by atoms with E-state index in [0.717, 1.165) is 5.70 Å². The minimum atomic E-state index is -0.893. The molecule has 0 atom stereocenters. The Kier molecular flexibility index (Phi) is 4.44. The van der Waals surface area contributed by atoms with E-state index in [1.165, 1.54) is 0 Å². The van der Waals surface area contributed by atoms with Gasteiger partial charge in [-0.3, -0.25) is 5.48 Å². The summed E-state index contributed by atoms with van der Waals surface area (Å²) in [5.74, 6) is 0. The van der Waals surface area contributed by atoms with Crippen molar-refractivity contribution in [2.75, 3.05) is 0 Å². The second kappa shape index (κ2) is 4.58. The van der Waals surface area contributed by atoms with E-state index in [9.17, 15) is 0 Å². The summed E-state index contributed by atoms with van der Waals surface area (Å²) in [5.41, 5.74) is 3.93. The molecule has 0 aliphatic rings. The van der Waals surface area contributed by atoms with Gasteiger partial charge in [0, 0.05) is 5.70 Å². The molecule has 0 aliphatic heterocycles. The van der Waals surface area contributed by atoms with Gasteiger partial charge in [0.25, 0.3) is 0 Å². The van der Waals surface area contributed by atoms with Crippen LogP contribution in [0.5, 0.6) is 0 Å². The zero-order valence-electron chi connectivity index (χ0n) is 6.56. The van der Waals surface area contributed by atoms with Crippen LogP contribution in [0.25, 0.3) is 0 Å². The highest BCUT2D eigenvalue weighted by Gasteiger charge is 1.92. The Bertz CT molecular complexity index is 101. The maximum Gasteiger partial charge on any atom is 0.208 e. The largest absolute Gasteiger partial charge is 0.327 e. The molecule has 0 spiro atoms. The standard InChI is InChI=1S/C6H15NOSi/c1-5-6(2)7-8-9(3)4/h5,7,9H,1-4H3. The molecule has 2 nitrogen and oxygen atoms in total. The van der Waals surface area contributed by atoms with E-state index in [1.54, 1.807) is 0 Å². The second-order valence-electron chi connectivity index (χ2n) is 2.24. The maximum absolute atomic E-state index is 5.22. The van der Waals surface area contributed by atoms with Gasteiger partial charge in [0.15, 0.2) is 0 Å². The molecule has 0 rings (SSSR count). The summed E-state index contributed by atoms with van der Waals surface area (Å²) >= 11 is 0. The third-order valence-electron chi connectivity index (χ3n) is 0.889. The number of hydroxylamine groups is 1. The van der Waals surface area contributed by atoms with Crippen molar-refractivity contribution in [3.63, 3.8) is 0 Å². The molecule has 0 aromatic rings. The van der Waals surface area contributed by atoms with Gasteiger partial charge in [0.1, 0.15) is 0 Å². The predicted octanol–water partition coefficient (Wildman–Crippen LogP) is 1.41. The molecular weight excluding hydrogens is 130 g/mol. The van der Waals surface area contributed by atoms with Crippen LogP contribution in [0.15, 0.2) is 11.8 Å². The van der Waals surface area contributed by atoms with Gasteiger partial charge in [-0.15, -0.1) is 0 Å². The molecule has 0 bridgehead atoms. The number of hydrogen-bond acceptors (Lipinski definition) is 2. The summed E-state index contributed by atoms with van der Waals surface area (Å²) in [6, 6.07) is 0. The number of allylic oxidation sites excluding steroid dienone is 2. The van der Waals surface area contributed by atoms with Gasteiger partial charge < -0.3 is 4.53 Å². The zero-order chi connectivity index (χ0) is 7.28. The van der Waals surface area contributed by atoms with E-state index in [4.69, 9.17) is 4.53 Å². The van der Waals surface area contributed by atoms with Crippen LogP contribution in [0.3, 0.4) is 0 Å². The van der Waals surface area contributed by atoms with Crippen LogP contribution in [-0.4, -0.2) is 9.04 Å². The molecule has 1 N–H and O–H groups in total. The van der Waals surface area contributed by atoms with E-state index in [1.807, 2.05) is 19.9 Å². The van der Waals surface area contributed by atoms with Gasteiger partial charge in [-0.05, 0) is 26.9 Å². The number of rotatable bonds is 3. The fraction of sp³-hybridized carbons (Fsp3) is 0.667. The molecule has 0 unspecified atom stereocenters. The van der Waals surface area contributed by atoms with Crippen molar-refractivity contribution >= 4 is 9.04 Å². The lowest BCUT2D eigenvalue weighted by molar-refractivity contribution is 0.234. The molecule has 3 heteroatoms. The lowest BCUT2D eigenvalue weighted by Crippen LogP contribution is -2.20. The smallest absolute Gasteiger partial charge is 0.208 e. The first kappa shape index (κ1) is 8.72. The van der Waals surface area contributed by atoms with E-state index in [2.05, 4.69) is 18.6 Å². The summed E-state index contributed by atoms with van der Waals surface area (Å²) in [4.78, 5) is 0. The van der Waals surface area contributed by atoms with Crippen LogP contribution >= 0.6 is 0 Å². The molecule has 54 valence electrons. The molecule has 0 aliphatic carbocycles. The maximum atomic E-state index is 5.22. The molecule has 0 radical (unpaired) electrons. The molecule has 0 aromatic carbocycles. The molecule has 0 amide bonds. The lowest BCUT2D eigenvalue weighted by Gasteiger charge is -2.08. The van der Waals surface area contributed by atoms with Gasteiger partial charge in [0.05, 0.1) is 0 Å². The zero-order valence-corrected chi connectivity index (χ0v) is 7.72. The normalized spacial score (nSPS) is 12.3. The Balaban J connectivity index is 3.28. The molecule has 0 saturated carbocycles. The molecular formula is C6H15NOSi. The molecule has 0 fully saturated rings. The highest BCUT2D eigenvalue weighted by Crippen LogP contribution is 1.86. The fourth-order valence-electron chi connectivity index (χ4n) is 0.270. The Morgan fingerprint density at radius 3 is 2.44 bits per heavy atom. The number of nitrogens with one attached hydrogen (secondary N) is 1. The minimum Gasteiger partial charge on any atom is -0.327 e. The second-order valence-corrected chi connectivity index (χ2v) is 4.57. The number of hydrogen-bond donors (Lipinski definition) is 1. The van der Waals surface area contributed by atoms with Crippen LogP contribution in [0.1, 0.15) is 13.8 Å². The predicted molar refractivity (Wildman–Crippen MR) is 42.5 cm³/mol. The minimum absolute atomic E-state index is 0.893. The molecule has 0 aromatic heterocycles. The van der Waals surface area contributed by atoms with Gasteiger partial charge in [-0.25, -0.2) is 0 Å². The topological polar surface area (TPSA) is 21.3 Å². The average molecular weight is 145 g/mol. The Hall–Kier alpha value is -0.283. The van der Waals surface area contributed by atoms with Crippen LogP contribution in [0, 0.1) is 0 Å². The van der Waals surface area contributed by atoms with Gasteiger partial charge in [-0.2, -0.15) is 0 Å². The summed E-state index contributed by atoms with van der Waals surface area (Å²) in [6.07, 6.45) is 1.98. The quantitative estimate of drug-likeness (QED) is 0.479. The third kappa shape index (κ3) is 5.59. The monoisotopic (exact) mass is 145 g/mol. The van der Waals surface area contributed by atoms with Gasteiger partial charge in [0.2, 0.25) is 9.04 Å². The van der Waals surface area contributed by atoms with Crippen LogP contribution in [-0.2, 0) is 4.53 Å². The van der Waals surface area contributed by atoms with Crippen molar-refractivity contribution < 1.29 is 4.53 Å². The van der Waals surface area contributed by atoms with E-state index in [0.29, 0.717) is 0 Å². The summed E-state index contributed by atoms with van der Waals surface area (Å²) in [5, 5.41) is 0. The van der Waals surface area contributed by atoms with Crippen molar-refractivity contribution in [1.82, 2.24) is 5.48 Å². The van der Waals surface area contributed by atoms with Crippen molar-refractivity contribution in [3.8, 4) is 0 Å². The van der Waals surface area contributed by atoms with Gasteiger partial charge in [-0.1, -0.05) is 6.08 Å². The fourth-order valence-corrected chi connectivity index (χ4v) is 0.691. The van der Waals surface area contributed by atoms with Crippen LogP contribution < -0.4 is 5.48 Å². The van der Waals surface area contributed by atoms with Crippen LogP contribution in [0.4, 0.5) is 0 Å². The van der Waals surface area contributed by atoms with Gasteiger partial charge >= 0.3 is 0 Å². The summed E-state index contributed by atoms with van der Waals surface area (Å²) in [7, 11) is -0.893. The Labute approximate surface area is 58.6 Å². The summed E-state index contributed by atoms with van der Waals surface area (Å²) < 4.78 is 5.22. The third-order valence-corrected chi connectivity index (χ3v) is 1.48. The molecule has 0 heterocycles. The SMILES string of the molecule is CC=C(C)NO[SiH](C)C. The van der Waals surface area contributed by atoms with Crippen LogP contribution in [0.2, 0.25) is 13.1 Å². The first-order valence-electron chi connectivity index (χ1n) is 3.21. The van der Waals surface area contributed by atoms with Crippen molar-refractivity contribution in [2.45, 2.75) is 26.9 Å². The molecule has 9 heavy (non-hydrogen) atoms. The van der Waals surface area contributed by atoms with E-state index >= 15 is 0 Å². The van der Waals surface area contributed by atoms with Crippen molar-refractivity contribution in [1.29, 1.82) is 0 Å². The van der Waals surface area contributed by atoms with E-state index in [-0.39, 0.29) is 0 Å². The summed E-state index contributed by atoms with van der Waals surface area (Å²) in [6.45, 7) is 8.20. The highest BCUT2D eigenvalue weighted by molar-refractivity contribution is 6.48.